The van der Waals surface area contributed by atoms with Gasteiger partial charge < -0.3 is 4.90 Å². The molecule has 1 fully saturated rings. The van der Waals surface area contributed by atoms with Gasteiger partial charge in [-0.3, -0.25) is 4.79 Å². The van der Waals surface area contributed by atoms with Gasteiger partial charge in [-0.05, 0) is 40.0 Å². The molecule has 4 heteroatoms. The van der Waals surface area contributed by atoms with E-state index in [-0.39, 0.29) is 5.91 Å². The molecular formula is C16H15BrN2O. The summed E-state index contributed by atoms with van der Waals surface area (Å²) in [5.41, 5.74) is 2.01. The number of carbonyl (C=O) groups is 1. The minimum absolute atomic E-state index is 0.0894. The van der Waals surface area contributed by atoms with Crippen molar-refractivity contribution in [2.45, 2.75) is 12.3 Å². The summed E-state index contributed by atoms with van der Waals surface area (Å²) in [5.74, 6) is 0.539. The summed E-state index contributed by atoms with van der Waals surface area (Å²) < 4.78 is 0.696. The van der Waals surface area contributed by atoms with Crippen LogP contribution in [0.3, 0.4) is 0 Å². The maximum absolute atomic E-state index is 12.5. The predicted molar refractivity (Wildman–Crippen MR) is 81.6 cm³/mol. The Labute approximate surface area is 126 Å². The third-order valence-electron chi connectivity index (χ3n) is 3.72. The van der Waals surface area contributed by atoms with Gasteiger partial charge in [0.1, 0.15) is 4.60 Å². The van der Waals surface area contributed by atoms with E-state index in [9.17, 15) is 4.79 Å². The Balaban J connectivity index is 1.73. The second-order valence-corrected chi connectivity index (χ2v) is 5.83. The first kappa shape index (κ1) is 13.3. The van der Waals surface area contributed by atoms with Crippen molar-refractivity contribution in [3.8, 4) is 0 Å². The highest BCUT2D eigenvalue weighted by Crippen LogP contribution is 2.28. The topological polar surface area (TPSA) is 33.2 Å². The summed E-state index contributed by atoms with van der Waals surface area (Å²) in [6.45, 7) is 1.61. The largest absolute Gasteiger partial charge is 0.338 e. The molecule has 0 spiro atoms. The van der Waals surface area contributed by atoms with Crippen molar-refractivity contribution in [1.82, 2.24) is 9.88 Å². The second-order valence-electron chi connectivity index (χ2n) is 5.01. The highest BCUT2D eigenvalue weighted by atomic mass is 79.9. The molecule has 1 aromatic carbocycles. The maximum atomic E-state index is 12.5. The third-order valence-corrected chi connectivity index (χ3v) is 4.15. The molecule has 20 heavy (non-hydrogen) atoms. The number of amides is 1. The Morgan fingerprint density at radius 1 is 1.25 bits per heavy atom. The number of carbonyl (C=O) groups excluding carboxylic acids is 1. The Kier molecular flexibility index (Phi) is 3.83. The lowest BCUT2D eigenvalue weighted by atomic mass is 9.99. The molecule has 2 heterocycles. The number of halogens is 1. The number of nitrogens with zero attached hydrogens (tertiary/aromatic N) is 2. The molecule has 2 aromatic rings. The standard InChI is InChI=1S/C16H15BrN2O/c17-15-10-13(6-8-18-15)16(20)19-9-7-14(11-19)12-4-2-1-3-5-12/h1-6,8,10,14H,7,9,11H2. The highest BCUT2D eigenvalue weighted by Gasteiger charge is 2.27. The van der Waals surface area contributed by atoms with Crippen LogP contribution in [0.15, 0.2) is 53.3 Å². The maximum Gasteiger partial charge on any atom is 0.254 e. The number of benzene rings is 1. The number of likely N-dealkylation sites (tertiary alicyclic amines) is 1. The van der Waals surface area contributed by atoms with Crippen molar-refractivity contribution in [3.05, 3.63) is 64.4 Å². The molecule has 1 unspecified atom stereocenters. The van der Waals surface area contributed by atoms with Gasteiger partial charge in [-0.1, -0.05) is 30.3 Å². The van der Waals surface area contributed by atoms with Crippen LogP contribution < -0.4 is 0 Å². The number of rotatable bonds is 2. The van der Waals surface area contributed by atoms with E-state index in [0.717, 1.165) is 19.5 Å². The van der Waals surface area contributed by atoms with Gasteiger partial charge in [0.25, 0.3) is 5.91 Å². The molecule has 1 atom stereocenters. The van der Waals surface area contributed by atoms with Gasteiger partial charge in [0.2, 0.25) is 0 Å². The first-order valence-corrected chi connectivity index (χ1v) is 7.49. The number of hydrogen-bond acceptors (Lipinski definition) is 2. The number of hydrogen-bond donors (Lipinski definition) is 0. The van der Waals surface area contributed by atoms with E-state index in [0.29, 0.717) is 16.1 Å². The fourth-order valence-electron chi connectivity index (χ4n) is 2.66. The van der Waals surface area contributed by atoms with E-state index in [4.69, 9.17) is 0 Å². The van der Waals surface area contributed by atoms with Crippen LogP contribution in [0.5, 0.6) is 0 Å². The van der Waals surface area contributed by atoms with E-state index < -0.39 is 0 Å². The smallest absolute Gasteiger partial charge is 0.254 e. The van der Waals surface area contributed by atoms with Crippen LogP contribution in [0.4, 0.5) is 0 Å². The summed E-state index contributed by atoms with van der Waals surface area (Å²) in [4.78, 5) is 18.4. The Morgan fingerprint density at radius 3 is 2.80 bits per heavy atom. The summed E-state index contributed by atoms with van der Waals surface area (Å²) in [5, 5.41) is 0. The Hall–Kier alpha value is -1.68. The van der Waals surface area contributed by atoms with Crippen LogP contribution >= 0.6 is 15.9 Å². The molecule has 1 amide bonds. The lowest BCUT2D eigenvalue weighted by Crippen LogP contribution is -2.28. The van der Waals surface area contributed by atoms with Crippen LogP contribution in [0.25, 0.3) is 0 Å². The van der Waals surface area contributed by atoms with Gasteiger partial charge in [0, 0.05) is 30.8 Å². The lowest BCUT2D eigenvalue weighted by Gasteiger charge is -2.16. The minimum atomic E-state index is 0.0894. The van der Waals surface area contributed by atoms with Crippen molar-refractivity contribution in [2.75, 3.05) is 13.1 Å². The Bertz CT molecular complexity index is 615. The SMILES string of the molecule is O=C(c1ccnc(Br)c1)N1CCC(c2ccccc2)C1. The van der Waals surface area contributed by atoms with E-state index in [2.05, 4.69) is 45.2 Å². The monoisotopic (exact) mass is 330 g/mol. The number of pyridine rings is 1. The quantitative estimate of drug-likeness (QED) is 0.790. The molecule has 3 nitrogen and oxygen atoms in total. The van der Waals surface area contributed by atoms with Crippen molar-refractivity contribution >= 4 is 21.8 Å². The van der Waals surface area contributed by atoms with Crippen molar-refractivity contribution in [2.24, 2.45) is 0 Å². The molecule has 0 bridgehead atoms. The zero-order valence-corrected chi connectivity index (χ0v) is 12.6. The molecule has 0 N–H and O–H groups in total. The van der Waals surface area contributed by atoms with Gasteiger partial charge in [0.15, 0.2) is 0 Å². The summed E-state index contributed by atoms with van der Waals surface area (Å²) in [6.07, 6.45) is 2.68. The summed E-state index contributed by atoms with van der Waals surface area (Å²) in [6, 6.07) is 14.0. The van der Waals surface area contributed by atoms with Crippen molar-refractivity contribution in [3.63, 3.8) is 0 Å². The summed E-state index contributed by atoms with van der Waals surface area (Å²) in [7, 11) is 0. The lowest BCUT2D eigenvalue weighted by molar-refractivity contribution is 0.0790. The van der Waals surface area contributed by atoms with Crippen molar-refractivity contribution in [1.29, 1.82) is 0 Å². The fraction of sp³-hybridized carbons (Fsp3) is 0.250. The molecule has 1 aliphatic rings. The van der Waals surface area contributed by atoms with E-state index >= 15 is 0 Å². The van der Waals surface area contributed by atoms with Gasteiger partial charge in [0.05, 0.1) is 0 Å². The predicted octanol–water partition coefficient (Wildman–Crippen LogP) is 3.47. The number of aromatic nitrogens is 1. The second kappa shape index (κ2) is 5.75. The van der Waals surface area contributed by atoms with Crippen LogP contribution in [-0.2, 0) is 0 Å². The van der Waals surface area contributed by atoms with E-state index in [1.165, 1.54) is 5.56 Å². The molecule has 0 aliphatic carbocycles. The highest BCUT2D eigenvalue weighted by molar-refractivity contribution is 9.10. The molecule has 0 radical (unpaired) electrons. The minimum Gasteiger partial charge on any atom is -0.338 e. The summed E-state index contributed by atoms with van der Waals surface area (Å²) >= 11 is 3.31. The van der Waals surface area contributed by atoms with Gasteiger partial charge in [-0.15, -0.1) is 0 Å². The molecule has 3 rings (SSSR count). The Morgan fingerprint density at radius 2 is 2.05 bits per heavy atom. The van der Waals surface area contributed by atoms with Crippen LogP contribution in [0.1, 0.15) is 28.3 Å². The molecule has 0 saturated carbocycles. The molecule has 1 aromatic heterocycles. The fourth-order valence-corrected chi connectivity index (χ4v) is 3.02. The zero-order valence-electron chi connectivity index (χ0n) is 11.0. The van der Waals surface area contributed by atoms with E-state index in [1.807, 2.05) is 11.0 Å². The normalized spacial score (nSPS) is 18.2. The molecular weight excluding hydrogens is 316 g/mol. The van der Waals surface area contributed by atoms with Gasteiger partial charge in [-0.2, -0.15) is 0 Å². The molecule has 1 aliphatic heterocycles. The van der Waals surface area contributed by atoms with Crippen LogP contribution in [0.2, 0.25) is 0 Å². The zero-order chi connectivity index (χ0) is 13.9. The van der Waals surface area contributed by atoms with E-state index in [1.54, 1.807) is 18.3 Å². The molecule has 102 valence electrons. The van der Waals surface area contributed by atoms with Crippen LogP contribution in [0, 0.1) is 0 Å². The average molecular weight is 331 g/mol. The van der Waals surface area contributed by atoms with Crippen molar-refractivity contribution < 1.29 is 4.79 Å². The first-order chi connectivity index (χ1) is 9.74. The average Bonchev–Trinajstić information content (AvgIpc) is 2.97. The first-order valence-electron chi connectivity index (χ1n) is 6.70. The third kappa shape index (κ3) is 2.75. The van der Waals surface area contributed by atoms with Gasteiger partial charge >= 0.3 is 0 Å². The molecule has 1 saturated heterocycles. The van der Waals surface area contributed by atoms with Crippen LogP contribution in [-0.4, -0.2) is 28.9 Å². The van der Waals surface area contributed by atoms with Gasteiger partial charge in [-0.25, -0.2) is 4.98 Å².